The van der Waals surface area contributed by atoms with Crippen LogP contribution in [0.25, 0.3) is 33.4 Å². The SMILES string of the molecule is C=CC(=O)Nc1cc(-c2c(-c3ccc(N4CCN(C)CC4)cc3)[nH]c3ncc(Br)cc23)ccc1C. The number of nitrogens with zero attached hydrogens (tertiary/aromatic N) is 3. The van der Waals surface area contributed by atoms with Gasteiger partial charge in [-0.15, -0.1) is 0 Å². The minimum absolute atomic E-state index is 0.228. The molecule has 0 unspecified atom stereocenters. The van der Waals surface area contributed by atoms with Crippen LogP contribution in [-0.4, -0.2) is 54.0 Å². The molecule has 178 valence electrons. The molecule has 7 heteroatoms. The third-order valence-corrected chi connectivity index (χ3v) is 7.04. The largest absolute Gasteiger partial charge is 0.369 e. The van der Waals surface area contributed by atoms with E-state index in [1.165, 1.54) is 11.8 Å². The minimum Gasteiger partial charge on any atom is -0.369 e. The zero-order valence-corrected chi connectivity index (χ0v) is 21.5. The molecule has 6 nitrogen and oxygen atoms in total. The van der Waals surface area contributed by atoms with Crippen LogP contribution in [0.5, 0.6) is 0 Å². The number of pyridine rings is 1. The number of halogens is 1. The van der Waals surface area contributed by atoms with E-state index in [1.807, 2.05) is 19.1 Å². The summed E-state index contributed by atoms with van der Waals surface area (Å²) in [6.07, 6.45) is 3.08. The van der Waals surface area contributed by atoms with Gasteiger partial charge in [-0.2, -0.15) is 0 Å². The number of amides is 1. The Hall–Kier alpha value is -3.42. The first-order valence-corrected chi connectivity index (χ1v) is 12.5. The second-order valence-corrected chi connectivity index (χ2v) is 9.90. The Morgan fingerprint density at radius 3 is 2.51 bits per heavy atom. The number of aromatic amines is 1. The molecule has 2 aromatic carbocycles. The van der Waals surface area contributed by atoms with Crippen molar-refractivity contribution in [1.29, 1.82) is 0 Å². The quantitative estimate of drug-likeness (QED) is 0.318. The predicted molar refractivity (Wildman–Crippen MR) is 148 cm³/mol. The fourth-order valence-corrected chi connectivity index (χ4v) is 4.89. The third kappa shape index (κ3) is 4.74. The Balaban J connectivity index is 1.59. The highest BCUT2D eigenvalue weighted by Crippen LogP contribution is 2.40. The van der Waals surface area contributed by atoms with Gasteiger partial charge in [0.2, 0.25) is 5.91 Å². The van der Waals surface area contributed by atoms with E-state index in [4.69, 9.17) is 0 Å². The monoisotopic (exact) mass is 529 g/mol. The van der Waals surface area contributed by atoms with Crippen molar-refractivity contribution in [3.05, 3.63) is 77.4 Å². The Morgan fingerprint density at radius 2 is 1.80 bits per heavy atom. The van der Waals surface area contributed by atoms with Gasteiger partial charge in [0.05, 0.1) is 5.69 Å². The van der Waals surface area contributed by atoms with Gasteiger partial charge in [-0.1, -0.05) is 30.8 Å². The van der Waals surface area contributed by atoms with Crippen LogP contribution in [0.4, 0.5) is 11.4 Å². The van der Waals surface area contributed by atoms with E-state index in [1.54, 1.807) is 6.20 Å². The molecule has 0 bridgehead atoms. The summed E-state index contributed by atoms with van der Waals surface area (Å²) in [6, 6.07) is 17.0. The highest BCUT2D eigenvalue weighted by Gasteiger charge is 2.19. The summed E-state index contributed by atoms with van der Waals surface area (Å²) < 4.78 is 0.912. The van der Waals surface area contributed by atoms with Crippen molar-refractivity contribution in [3.8, 4) is 22.4 Å². The summed E-state index contributed by atoms with van der Waals surface area (Å²) in [6.45, 7) is 9.77. The highest BCUT2D eigenvalue weighted by atomic mass is 79.9. The number of carbonyl (C=O) groups excluding carboxylic acids is 1. The first-order chi connectivity index (χ1) is 16.9. The highest BCUT2D eigenvalue weighted by molar-refractivity contribution is 9.10. The van der Waals surface area contributed by atoms with Crippen LogP contribution in [0, 0.1) is 6.92 Å². The van der Waals surface area contributed by atoms with Crippen molar-refractivity contribution in [1.82, 2.24) is 14.9 Å². The van der Waals surface area contributed by atoms with Gasteiger partial charge >= 0.3 is 0 Å². The van der Waals surface area contributed by atoms with Crippen LogP contribution in [0.2, 0.25) is 0 Å². The Labute approximate surface area is 213 Å². The number of rotatable bonds is 5. The van der Waals surface area contributed by atoms with Crippen molar-refractivity contribution in [3.63, 3.8) is 0 Å². The molecule has 2 aromatic heterocycles. The van der Waals surface area contributed by atoms with E-state index in [9.17, 15) is 4.79 Å². The molecule has 4 aromatic rings. The van der Waals surface area contributed by atoms with Crippen molar-refractivity contribution in [2.75, 3.05) is 43.4 Å². The number of fused-ring (bicyclic) bond motifs is 1. The molecule has 0 aliphatic carbocycles. The summed E-state index contributed by atoms with van der Waals surface area (Å²) >= 11 is 3.58. The number of hydrogen-bond donors (Lipinski definition) is 2. The van der Waals surface area contributed by atoms with Gasteiger partial charge in [0.1, 0.15) is 5.65 Å². The normalized spacial score (nSPS) is 14.3. The van der Waals surface area contributed by atoms with Crippen molar-refractivity contribution < 1.29 is 4.79 Å². The molecule has 1 fully saturated rings. The van der Waals surface area contributed by atoms with Crippen molar-refractivity contribution in [2.45, 2.75) is 6.92 Å². The van der Waals surface area contributed by atoms with Crippen LogP contribution in [0.1, 0.15) is 5.56 Å². The van der Waals surface area contributed by atoms with Gasteiger partial charge in [0.25, 0.3) is 0 Å². The lowest BCUT2D eigenvalue weighted by molar-refractivity contribution is -0.111. The van der Waals surface area contributed by atoms with Crippen LogP contribution in [-0.2, 0) is 4.79 Å². The Bertz CT molecular complexity index is 1400. The number of benzene rings is 2. The molecule has 3 heterocycles. The summed E-state index contributed by atoms with van der Waals surface area (Å²) in [4.78, 5) is 24.9. The maximum Gasteiger partial charge on any atom is 0.247 e. The molecule has 0 atom stereocenters. The number of hydrogen-bond acceptors (Lipinski definition) is 4. The van der Waals surface area contributed by atoms with E-state index in [0.29, 0.717) is 0 Å². The fraction of sp³-hybridized carbons (Fsp3) is 0.214. The fourth-order valence-electron chi connectivity index (χ4n) is 4.56. The molecule has 0 saturated carbocycles. The number of anilines is 2. The summed E-state index contributed by atoms with van der Waals surface area (Å²) in [5.41, 5.74) is 7.95. The minimum atomic E-state index is -0.228. The summed E-state index contributed by atoms with van der Waals surface area (Å²) in [7, 11) is 2.17. The standard InChI is InChI=1S/C28H28BrN5O/c1-4-25(35)31-24-15-20(6-5-18(24)2)26-23-16-21(29)17-30-28(23)32-27(26)19-7-9-22(10-8-19)34-13-11-33(3)12-14-34/h4-10,15-17H,1,11-14H2,2-3H3,(H,30,32)(H,31,35). The number of carbonyl (C=O) groups is 1. The van der Waals surface area contributed by atoms with Crippen LogP contribution in [0.3, 0.4) is 0 Å². The molecular weight excluding hydrogens is 502 g/mol. The van der Waals surface area contributed by atoms with E-state index >= 15 is 0 Å². The molecule has 1 amide bonds. The number of piperazine rings is 1. The summed E-state index contributed by atoms with van der Waals surface area (Å²) in [5, 5.41) is 3.94. The third-order valence-electron chi connectivity index (χ3n) is 6.61. The van der Waals surface area contributed by atoms with Gasteiger partial charge < -0.3 is 20.1 Å². The molecule has 5 rings (SSSR count). The van der Waals surface area contributed by atoms with E-state index < -0.39 is 0 Å². The lowest BCUT2D eigenvalue weighted by atomic mass is 9.97. The van der Waals surface area contributed by atoms with E-state index in [2.05, 4.69) is 91.0 Å². The zero-order valence-electron chi connectivity index (χ0n) is 19.9. The molecular formula is C28H28BrN5O. The number of H-pyrrole nitrogens is 1. The lowest BCUT2D eigenvalue weighted by Crippen LogP contribution is -2.44. The Morgan fingerprint density at radius 1 is 1.09 bits per heavy atom. The zero-order chi connectivity index (χ0) is 24.5. The topological polar surface area (TPSA) is 64.3 Å². The van der Waals surface area contributed by atoms with E-state index in [-0.39, 0.29) is 5.91 Å². The summed E-state index contributed by atoms with van der Waals surface area (Å²) in [5.74, 6) is -0.228. The molecule has 1 saturated heterocycles. The average molecular weight is 530 g/mol. The van der Waals surface area contributed by atoms with Gasteiger partial charge in [-0.25, -0.2) is 4.98 Å². The second kappa shape index (κ2) is 9.68. The molecule has 35 heavy (non-hydrogen) atoms. The smallest absolute Gasteiger partial charge is 0.247 e. The lowest BCUT2D eigenvalue weighted by Gasteiger charge is -2.34. The van der Waals surface area contributed by atoms with Gasteiger partial charge in [0.15, 0.2) is 0 Å². The number of nitrogens with one attached hydrogen (secondary N) is 2. The van der Waals surface area contributed by atoms with Gasteiger partial charge in [-0.05, 0) is 76.9 Å². The molecule has 0 spiro atoms. The predicted octanol–water partition coefficient (Wildman–Crippen LogP) is 5.84. The molecule has 1 aliphatic heterocycles. The van der Waals surface area contributed by atoms with Gasteiger partial charge in [-0.3, -0.25) is 4.79 Å². The first kappa shape index (κ1) is 23.3. The van der Waals surface area contributed by atoms with Crippen molar-refractivity contribution in [2.24, 2.45) is 0 Å². The second-order valence-electron chi connectivity index (χ2n) is 8.98. The molecule has 2 N–H and O–H groups in total. The van der Waals surface area contributed by atoms with Crippen LogP contribution in [0.15, 0.2) is 71.9 Å². The average Bonchev–Trinajstić information content (AvgIpc) is 3.24. The van der Waals surface area contributed by atoms with Crippen molar-refractivity contribution >= 4 is 44.2 Å². The maximum absolute atomic E-state index is 12.0. The maximum atomic E-state index is 12.0. The Kier molecular flexibility index (Phi) is 6.45. The molecule has 1 aliphatic rings. The van der Waals surface area contributed by atoms with Gasteiger partial charge in [0, 0.05) is 59.2 Å². The number of likely N-dealkylation sites (N-methyl/N-ethyl adjacent to an activating group) is 1. The molecule has 0 radical (unpaired) electrons. The van der Waals surface area contributed by atoms with Crippen LogP contribution < -0.4 is 10.2 Å². The van der Waals surface area contributed by atoms with E-state index in [0.717, 1.165) is 75.3 Å². The first-order valence-electron chi connectivity index (χ1n) is 11.7. The van der Waals surface area contributed by atoms with Crippen LogP contribution >= 0.6 is 15.9 Å². The number of aromatic nitrogens is 2. The number of aryl methyl sites for hydroxylation is 1.